The molecular weight excluding hydrogens is 230 g/mol. The summed E-state index contributed by atoms with van der Waals surface area (Å²) in [6.07, 6.45) is 4.00. The van der Waals surface area contributed by atoms with Gasteiger partial charge in [-0.2, -0.15) is 0 Å². The van der Waals surface area contributed by atoms with Crippen LogP contribution in [0, 0.1) is 0 Å². The van der Waals surface area contributed by atoms with Crippen LogP contribution >= 0.6 is 0 Å². The Kier molecular flexibility index (Phi) is 4.12. The lowest BCUT2D eigenvalue weighted by Gasteiger charge is -2.06. The number of carbonyl (C=O) groups excluding carboxylic acids is 1. The Morgan fingerprint density at radius 2 is 2.17 bits per heavy atom. The lowest BCUT2D eigenvalue weighted by molar-refractivity contribution is -0.143. The topological polar surface area (TPSA) is 47.9 Å². The molecule has 4 nitrogen and oxygen atoms in total. The van der Waals surface area contributed by atoms with E-state index in [0.717, 1.165) is 11.3 Å². The van der Waals surface area contributed by atoms with Gasteiger partial charge in [0.25, 0.3) is 0 Å². The highest BCUT2D eigenvalue weighted by molar-refractivity contribution is 5.97. The Hall–Kier alpha value is -2.10. The van der Waals surface area contributed by atoms with Crippen molar-refractivity contribution in [1.29, 1.82) is 0 Å². The molecule has 1 aromatic carbocycles. The van der Waals surface area contributed by atoms with Gasteiger partial charge < -0.3 is 9.57 Å². The maximum atomic E-state index is 10.8. The maximum absolute atomic E-state index is 10.8. The van der Waals surface area contributed by atoms with Crippen LogP contribution in [0.2, 0.25) is 0 Å². The van der Waals surface area contributed by atoms with Crippen molar-refractivity contribution in [3.8, 4) is 0 Å². The van der Waals surface area contributed by atoms with Crippen molar-refractivity contribution < 1.29 is 14.4 Å². The summed E-state index contributed by atoms with van der Waals surface area (Å²) < 4.78 is 5.04. The molecule has 0 unspecified atom stereocenters. The summed E-state index contributed by atoms with van der Waals surface area (Å²) in [7, 11) is 0. The predicted octanol–water partition coefficient (Wildman–Crippen LogP) is 2.45. The largest absolute Gasteiger partial charge is 0.458 e. The van der Waals surface area contributed by atoms with Crippen molar-refractivity contribution in [2.75, 3.05) is 0 Å². The van der Waals surface area contributed by atoms with Gasteiger partial charge in [-0.15, -0.1) is 0 Å². The van der Waals surface area contributed by atoms with E-state index in [2.05, 4.69) is 5.16 Å². The van der Waals surface area contributed by atoms with Crippen LogP contribution in [0.4, 0.5) is 0 Å². The molecule has 0 bridgehead atoms. The van der Waals surface area contributed by atoms with Crippen molar-refractivity contribution in [2.45, 2.75) is 26.1 Å². The fourth-order valence-electron chi connectivity index (χ4n) is 1.69. The first-order chi connectivity index (χ1) is 8.74. The average molecular weight is 245 g/mol. The summed E-state index contributed by atoms with van der Waals surface area (Å²) in [6.45, 7) is 1.84. The first kappa shape index (κ1) is 12.4. The molecule has 94 valence electrons. The van der Waals surface area contributed by atoms with Crippen LogP contribution in [0.3, 0.4) is 0 Å². The molecule has 18 heavy (non-hydrogen) atoms. The summed E-state index contributed by atoms with van der Waals surface area (Å²) in [6, 6.07) is 9.83. The normalized spacial score (nSPS) is 20.1. The SMILES string of the molecule is CC(=O)O[C@H]1C=CC(=NOCc2ccccc2)C1. The van der Waals surface area contributed by atoms with Gasteiger partial charge in [-0.1, -0.05) is 35.5 Å². The van der Waals surface area contributed by atoms with E-state index in [0.29, 0.717) is 13.0 Å². The van der Waals surface area contributed by atoms with Crippen LogP contribution < -0.4 is 0 Å². The summed E-state index contributed by atoms with van der Waals surface area (Å²) in [5.41, 5.74) is 1.86. The number of ether oxygens (including phenoxy) is 1. The second-order valence-corrected chi connectivity index (χ2v) is 4.05. The van der Waals surface area contributed by atoms with E-state index in [9.17, 15) is 4.79 Å². The Balaban J connectivity index is 1.78. The Morgan fingerprint density at radius 1 is 1.39 bits per heavy atom. The molecular formula is C14H15NO3. The van der Waals surface area contributed by atoms with E-state index in [-0.39, 0.29) is 12.1 Å². The van der Waals surface area contributed by atoms with Gasteiger partial charge in [0, 0.05) is 13.3 Å². The molecule has 0 N–H and O–H groups in total. The molecule has 0 heterocycles. The molecule has 1 aliphatic carbocycles. The van der Waals surface area contributed by atoms with Crippen molar-refractivity contribution in [3.63, 3.8) is 0 Å². The molecule has 0 saturated carbocycles. The maximum Gasteiger partial charge on any atom is 0.303 e. The van der Waals surface area contributed by atoms with Gasteiger partial charge in [0.05, 0.1) is 5.71 Å². The molecule has 1 aromatic rings. The van der Waals surface area contributed by atoms with Crippen molar-refractivity contribution >= 4 is 11.7 Å². The van der Waals surface area contributed by atoms with Crippen molar-refractivity contribution in [3.05, 3.63) is 48.0 Å². The van der Waals surface area contributed by atoms with Gasteiger partial charge in [0.2, 0.25) is 0 Å². The highest BCUT2D eigenvalue weighted by atomic mass is 16.6. The minimum Gasteiger partial charge on any atom is -0.458 e. The number of oxime groups is 1. The monoisotopic (exact) mass is 245 g/mol. The van der Waals surface area contributed by atoms with Crippen LogP contribution in [-0.4, -0.2) is 17.8 Å². The number of nitrogens with zero attached hydrogens (tertiary/aromatic N) is 1. The van der Waals surface area contributed by atoms with Crippen LogP contribution in [0.25, 0.3) is 0 Å². The summed E-state index contributed by atoms with van der Waals surface area (Å²) in [4.78, 5) is 16.0. The summed E-state index contributed by atoms with van der Waals surface area (Å²) >= 11 is 0. The van der Waals surface area contributed by atoms with E-state index in [4.69, 9.17) is 9.57 Å². The fraction of sp³-hybridized carbons (Fsp3) is 0.286. The van der Waals surface area contributed by atoms with Gasteiger partial charge in [0.1, 0.15) is 12.7 Å². The molecule has 1 aliphatic rings. The number of allylic oxidation sites excluding steroid dienone is 1. The van der Waals surface area contributed by atoms with E-state index >= 15 is 0 Å². The van der Waals surface area contributed by atoms with Crippen molar-refractivity contribution in [2.24, 2.45) is 5.16 Å². The Morgan fingerprint density at radius 3 is 2.89 bits per heavy atom. The van der Waals surface area contributed by atoms with Gasteiger partial charge in [-0.05, 0) is 17.7 Å². The van der Waals surface area contributed by atoms with Gasteiger partial charge in [-0.25, -0.2) is 0 Å². The first-order valence-electron chi connectivity index (χ1n) is 5.82. The number of hydrogen-bond donors (Lipinski definition) is 0. The lowest BCUT2D eigenvalue weighted by Crippen LogP contribution is -2.12. The van der Waals surface area contributed by atoms with Gasteiger partial charge in [-0.3, -0.25) is 4.79 Å². The van der Waals surface area contributed by atoms with Crippen molar-refractivity contribution in [1.82, 2.24) is 0 Å². The molecule has 0 aliphatic heterocycles. The van der Waals surface area contributed by atoms with Crippen LogP contribution in [-0.2, 0) is 21.0 Å². The lowest BCUT2D eigenvalue weighted by atomic mass is 10.2. The minimum absolute atomic E-state index is 0.207. The zero-order valence-corrected chi connectivity index (χ0v) is 10.2. The van der Waals surface area contributed by atoms with Crippen LogP contribution in [0.15, 0.2) is 47.6 Å². The number of benzene rings is 1. The Bertz CT molecular complexity index is 465. The minimum atomic E-state index is -0.281. The third-order valence-electron chi connectivity index (χ3n) is 2.49. The number of carbonyl (C=O) groups is 1. The molecule has 0 spiro atoms. The molecule has 0 amide bonds. The smallest absolute Gasteiger partial charge is 0.303 e. The molecule has 1 atom stereocenters. The quantitative estimate of drug-likeness (QED) is 0.604. The van der Waals surface area contributed by atoms with E-state index in [1.165, 1.54) is 6.92 Å². The molecule has 0 saturated heterocycles. The first-order valence-corrected chi connectivity index (χ1v) is 5.82. The fourth-order valence-corrected chi connectivity index (χ4v) is 1.69. The molecule has 4 heteroatoms. The van der Waals surface area contributed by atoms with E-state index in [1.807, 2.05) is 42.5 Å². The standard InChI is InChI=1S/C14H15NO3/c1-11(16)18-14-8-7-13(9-14)15-17-10-12-5-3-2-4-6-12/h2-8,14H,9-10H2,1H3/t14-/m0/s1. The van der Waals surface area contributed by atoms with Gasteiger partial charge >= 0.3 is 5.97 Å². The second-order valence-electron chi connectivity index (χ2n) is 4.05. The van der Waals surface area contributed by atoms with E-state index in [1.54, 1.807) is 0 Å². The molecule has 0 aromatic heterocycles. The third-order valence-corrected chi connectivity index (χ3v) is 2.49. The Labute approximate surface area is 106 Å². The predicted molar refractivity (Wildman–Crippen MR) is 68.0 cm³/mol. The third kappa shape index (κ3) is 3.73. The van der Waals surface area contributed by atoms with Gasteiger partial charge in [0.15, 0.2) is 0 Å². The highest BCUT2D eigenvalue weighted by Gasteiger charge is 2.17. The number of rotatable bonds is 4. The average Bonchev–Trinajstić information content (AvgIpc) is 2.77. The summed E-state index contributed by atoms with van der Waals surface area (Å²) in [5, 5.41) is 4.01. The highest BCUT2D eigenvalue weighted by Crippen LogP contribution is 2.12. The molecule has 2 rings (SSSR count). The van der Waals surface area contributed by atoms with Crippen LogP contribution in [0.5, 0.6) is 0 Å². The molecule has 0 fully saturated rings. The zero-order chi connectivity index (χ0) is 12.8. The van der Waals surface area contributed by atoms with Crippen LogP contribution in [0.1, 0.15) is 18.9 Å². The number of hydrogen-bond acceptors (Lipinski definition) is 4. The number of esters is 1. The molecule has 0 radical (unpaired) electrons. The van der Waals surface area contributed by atoms with E-state index < -0.39 is 0 Å². The second kappa shape index (κ2) is 6.00. The zero-order valence-electron chi connectivity index (χ0n) is 10.2. The summed E-state index contributed by atoms with van der Waals surface area (Å²) in [5.74, 6) is -0.281.